The Bertz CT molecular complexity index is 631. The van der Waals surface area contributed by atoms with Gasteiger partial charge >= 0.3 is 5.97 Å². The molecule has 3 rings (SSSR count). The van der Waals surface area contributed by atoms with Gasteiger partial charge in [0.2, 0.25) is 5.91 Å². The number of rotatable bonds is 4. The number of anilines is 1. The number of fused-ring (bicyclic) bond motifs is 1. The van der Waals surface area contributed by atoms with Gasteiger partial charge in [0, 0.05) is 36.0 Å². The van der Waals surface area contributed by atoms with Gasteiger partial charge in [-0.05, 0) is 43.0 Å². The summed E-state index contributed by atoms with van der Waals surface area (Å²) in [5, 5.41) is 12.5. The molecular formula is C17H21BrN2O4. The van der Waals surface area contributed by atoms with Crippen molar-refractivity contribution in [2.45, 2.75) is 31.2 Å². The van der Waals surface area contributed by atoms with Crippen LogP contribution in [0, 0.1) is 0 Å². The Labute approximate surface area is 149 Å². The zero-order chi connectivity index (χ0) is 17.1. The van der Waals surface area contributed by atoms with E-state index >= 15 is 0 Å². The molecule has 130 valence electrons. The van der Waals surface area contributed by atoms with Crippen LogP contribution >= 0.6 is 15.9 Å². The van der Waals surface area contributed by atoms with Gasteiger partial charge in [0.15, 0.2) is 0 Å². The lowest BCUT2D eigenvalue weighted by molar-refractivity contribution is -0.139. The van der Waals surface area contributed by atoms with Crippen LogP contribution in [0.1, 0.15) is 30.7 Å². The summed E-state index contributed by atoms with van der Waals surface area (Å²) in [5.41, 5.74) is 1.60. The van der Waals surface area contributed by atoms with E-state index in [9.17, 15) is 14.7 Å². The summed E-state index contributed by atoms with van der Waals surface area (Å²) >= 11 is 3.40. The number of aliphatic carboxylic acids is 1. The minimum Gasteiger partial charge on any atom is -0.481 e. The van der Waals surface area contributed by atoms with Crippen LogP contribution in [0.25, 0.3) is 0 Å². The largest absolute Gasteiger partial charge is 0.481 e. The second kappa shape index (κ2) is 7.53. The summed E-state index contributed by atoms with van der Waals surface area (Å²) in [6.45, 7) is 2.18. The molecule has 1 atom stereocenters. The zero-order valence-corrected chi connectivity index (χ0v) is 14.9. The van der Waals surface area contributed by atoms with Crippen LogP contribution in [-0.2, 0) is 14.3 Å². The molecule has 1 aromatic rings. The fourth-order valence-corrected chi connectivity index (χ4v) is 3.74. The number of carbonyl (C=O) groups excluding carboxylic acids is 1. The van der Waals surface area contributed by atoms with Crippen molar-refractivity contribution in [3.05, 3.63) is 28.2 Å². The Morgan fingerprint density at radius 3 is 2.75 bits per heavy atom. The Hall–Kier alpha value is -1.60. The topological polar surface area (TPSA) is 78.9 Å². The Kier molecular flexibility index (Phi) is 5.40. The van der Waals surface area contributed by atoms with Crippen molar-refractivity contribution < 1.29 is 19.4 Å². The van der Waals surface area contributed by atoms with E-state index < -0.39 is 11.9 Å². The van der Waals surface area contributed by atoms with Crippen molar-refractivity contribution in [1.29, 1.82) is 0 Å². The molecule has 0 radical (unpaired) electrons. The van der Waals surface area contributed by atoms with Gasteiger partial charge in [-0.2, -0.15) is 0 Å². The predicted molar refractivity (Wildman–Crippen MR) is 93.3 cm³/mol. The van der Waals surface area contributed by atoms with Gasteiger partial charge in [0.25, 0.3) is 0 Å². The summed E-state index contributed by atoms with van der Waals surface area (Å²) in [7, 11) is 0. The van der Waals surface area contributed by atoms with E-state index in [1.807, 2.05) is 23.1 Å². The smallest absolute Gasteiger partial charge is 0.311 e. The number of hydrogen-bond donors (Lipinski definition) is 2. The van der Waals surface area contributed by atoms with Crippen molar-refractivity contribution in [3.8, 4) is 0 Å². The van der Waals surface area contributed by atoms with Gasteiger partial charge in [-0.1, -0.05) is 15.9 Å². The molecule has 1 unspecified atom stereocenters. The lowest BCUT2D eigenvalue weighted by Gasteiger charge is -2.34. The van der Waals surface area contributed by atoms with Crippen LogP contribution in [-0.4, -0.2) is 49.3 Å². The maximum absolute atomic E-state index is 12.4. The molecule has 2 aliphatic heterocycles. The number of carboxylic acid groups (broad SMARTS) is 1. The monoisotopic (exact) mass is 396 g/mol. The summed E-state index contributed by atoms with van der Waals surface area (Å²) in [4.78, 5) is 25.8. The SMILES string of the molecule is O=C(CN1CCC(C(=O)O)c2cc(Br)ccc21)NC1CCOCC1. The highest BCUT2D eigenvalue weighted by molar-refractivity contribution is 9.10. The van der Waals surface area contributed by atoms with Crippen LogP contribution in [0.3, 0.4) is 0 Å². The van der Waals surface area contributed by atoms with Gasteiger partial charge in [-0.3, -0.25) is 9.59 Å². The molecule has 2 heterocycles. The van der Waals surface area contributed by atoms with Gasteiger partial charge in [0.05, 0.1) is 12.5 Å². The number of hydrogen-bond acceptors (Lipinski definition) is 4. The molecule has 2 aliphatic rings. The second-order valence-corrected chi connectivity index (χ2v) is 7.17. The third kappa shape index (κ3) is 3.89. The summed E-state index contributed by atoms with van der Waals surface area (Å²) < 4.78 is 6.15. The highest BCUT2D eigenvalue weighted by Gasteiger charge is 2.31. The van der Waals surface area contributed by atoms with Gasteiger partial charge in [-0.15, -0.1) is 0 Å². The van der Waals surface area contributed by atoms with Crippen molar-refractivity contribution >= 4 is 33.5 Å². The van der Waals surface area contributed by atoms with E-state index in [2.05, 4.69) is 21.2 Å². The summed E-state index contributed by atoms with van der Waals surface area (Å²) in [6.07, 6.45) is 2.19. The van der Waals surface area contributed by atoms with Crippen molar-refractivity contribution in [2.75, 3.05) is 31.2 Å². The molecule has 0 aliphatic carbocycles. The van der Waals surface area contributed by atoms with Crippen LogP contribution < -0.4 is 10.2 Å². The lowest BCUT2D eigenvalue weighted by Crippen LogP contribution is -2.46. The number of carboxylic acids is 1. The van der Waals surface area contributed by atoms with E-state index in [0.29, 0.717) is 26.2 Å². The lowest BCUT2D eigenvalue weighted by atomic mass is 9.90. The molecule has 24 heavy (non-hydrogen) atoms. The fraction of sp³-hybridized carbons (Fsp3) is 0.529. The number of halogens is 1. The molecule has 1 amide bonds. The van der Waals surface area contributed by atoms with E-state index in [-0.39, 0.29) is 18.5 Å². The predicted octanol–water partition coefficient (Wildman–Crippen LogP) is 2.12. The van der Waals surface area contributed by atoms with E-state index in [1.165, 1.54) is 0 Å². The molecular weight excluding hydrogens is 376 g/mol. The first kappa shape index (κ1) is 17.2. The minimum atomic E-state index is -0.819. The molecule has 0 spiro atoms. The molecule has 6 nitrogen and oxygen atoms in total. The molecule has 2 N–H and O–H groups in total. The molecule has 0 aromatic heterocycles. The van der Waals surface area contributed by atoms with E-state index in [4.69, 9.17) is 4.74 Å². The second-order valence-electron chi connectivity index (χ2n) is 6.26. The maximum Gasteiger partial charge on any atom is 0.311 e. The minimum absolute atomic E-state index is 0.0236. The molecule has 0 bridgehead atoms. The van der Waals surface area contributed by atoms with Crippen LogP contribution in [0.15, 0.2) is 22.7 Å². The molecule has 0 saturated carbocycles. The first-order valence-corrected chi connectivity index (χ1v) is 8.98. The molecule has 1 fully saturated rings. The summed E-state index contributed by atoms with van der Waals surface area (Å²) in [5.74, 6) is -1.36. The Morgan fingerprint density at radius 1 is 1.29 bits per heavy atom. The number of amides is 1. The van der Waals surface area contributed by atoms with Crippen LogP contribution in [0.5, 0.6) is 0 Å². The Balaban J connectivity index is 1.71. The third-order valence-corrected chi connectivity index (χ3v) is 5.11. The van der Waals surface area contributed by atoms with Crippen LogP contribution in [0.2, 0.25) is 0 Å². The highest BCUT2D eigenvalue weighted by atomic mass is 79.9. The number of carbonyl (C=O) groups is 2. The van der Waals surface area contributed by atoms with E-state index in [1.54, 1.807) is 0 Å². The average Bonchev–Trinajstić information content (AvgIpc) is 2.55. The first-order valence-electron chi connectivity index (χ1n) is 8.19. The van der Waals surface area contributed by atoms with Gasteiger partial charge < -0.3 is 20.1 Å². The summed E-state index contributed by atoms with van der Waals surface area (Å²) in [6, 6.07) is 5.78. The third-order valence-electron chi connectivity index (χ3n) is 4.61. The highest BCUT2D eigenvalue weighted by Crippen LogP contribution is 2.37. The Morgan fingerprint density at radius 2 is 2.04 bits per heavy atom. The van der Waals surface area contributed by atoms with Crippen molar-refractivity contribution in [1.82, 2.24) is 5.32 Å². The average molecular weight is 397 g/mol. The molecule has 7 heteroatoms. The zero-order valence-electron chi connectivity index (χ0n) is 13.3. The quantitative estimate of drug-likeness (QED) is 0.814. The number of nitrogens with one attached hydrogen (secondary N) is 1. The van der Waals surface area contributed by atoms with Crippen molar-refractivity contribution in [3.63, 3.8) is 0 Å². The van der Waals surface area contributed by atoms with E-state index in [0.717, 1.165) is 28.6 Å². The normalized spacial score (nSPS) is 21.2. The van der Waals surface area contributed by atoms with Crippen LogP contribution in [0.4, 0.5) is 5.69 Å². The number of nitrogens with zero attached hydrogens (tertiary/aromatic N) is 1. The number of benzene rings is 1. The standard InChI is InChI=1S/C17H21BrN2O4/c18-11-1-2-15-14(9-11)13(17(22)23)3-6-20(15)10-16(21)19-12-4-7-24-8-5-12/h1-2,9,12-13H,3-8,10H2,(H,19,21)(H,22,23). The first-order chi connectivity index (χ1) is 11.5. The van der Waals surface area contributed by atoms with Crippen molar-refractivity contribution in [2.24, 2.45) is 0 Å². The fourth-order valence-electron chi connectivity index (χ4n) is 3.36. The molecule has 1 saturated heterocycles. The van der Waals surface area contributed by atoms with Gasteiger partial charge in [0.1, 0.15) is 0 Å². The maximum atomic E-state index is 12.4. The number of ether oxygens (including phenoxy) is 1. The van der Waals surface area contributed by atoms with Gasteiger partial charge in [-0.25, -0.2) is 0 Å². The molecule has 1 aromatic carbocycles.